The van der Waals surface area contributed by atoms with Crippen LogP contribution in [-0.4, -0.2) is 29.1 Å². The zero-order valence-corrected chi connectivity index (χ0v) is 6.13. The average Bonchev–Trinajstić information content (AvgIpc) is 2.53. The lowest BCUT2D eigenvalue weighted by molar-refractivity contribution is 0.253. The minimum absolute atomic E-state index is 0.129. The average molecular weight is 167 g/mol. The van der Waals surface area contributed by atoms with Crippen molar-refractivity contribution in [2.45, 2.75) is 0 Å². The topological polar surface area (TPSA) is 86.9 Å². The van der Waals surface area contributed by atoms with Crippen LogP contribution in [0.3, 0.4) is 0 Å². The summed E-state index contributed by atoms with van der Waals surface area (Å²) in [6, 6.07) is 1.11. The number of H-pyrrole nitrogens is 1. The van der Waals surface area contributed by atoms with Crippen LogP contribution in [0, 0.1) is 0 Å². The lowest BCUT2D eigenvalue weighted by Crippen LogP contribution is -2.30. The number of amides is 2. The molecule has 12 heavy (non-hydrogen) atoms. The van der Waals surface area contributed by atoms with Gasteiger partial charge in [-0.3, -0.25) is 15.2 Å². The molecule has 1 rings (SSSR count). The molecule has 0 aromatic carbocycles. The zero-order chi connectivity index (χ0) is 8.81. The molecular weight excluding hydrogens is 160 g/mol. The molecule has 3 N–H and O–H groups in total. The molecule has 1 heterocycles. The van der Waals surface area contributed by atoms with E-state index in [4.69, 9.17) is 0 Å². The summed E-state index contributed by atoms with van der Waals surface area (Å²) in [4.78, 5) is 20.5. The van der Waals surface area contributed by atoms with E-state index in [0.29, 0.717) is 5.82 Å². The van der Waals surface area contributed by atoms with Crippen molar-refractivity contribution in [2.24, 2.45) is 0 Å². The van der Waals surface area contributed by atoms with Gasteiger partial charge in [-0.15, -0.1) is 0 Å². The normalized spacial score (nSPS) is 9.00. The van der Waals surface area contributed by atoms with Crippen molar-refractivity contribution in [3.63, 3.8) is 0 Å². The Bertz CT molecular complexity index is 257. The molecule has 2 amide bonds. The van der Waals surface area contributed by atoms with Gasteiger partial charge >= 0.3 is 6.03 Å². The molecule has 0 aliphatic heterocycles. The van der Waals surface area contributed by atoms with Gasteiger partial charge in [0.25, 0.3) is 0 Å². The van der Waals surface area contributed by atoms with Crippen LogP contribution in [0.15, 0.2) is 12.3 Å². The Labute approximate surface area is 68.3 Å². The Balaban J connectivity index is 2.32. The number of carbonyl (C=O) groups is 1. The highest BCUT2D eigenvalue weighted by molar-refractivity contribution is 5.89. The highest BCUT2D eigenvalue weighted by Crippen LogP contribution is 1.96. The maximum Gasteiger partial charge on any atom is 0.320 e. The van der Waals surface area contributed by atoms with Crippen molar-refractivity contribution in [1.29, 1.82) is 0 Å². The monoisotopic (exact) mass is 167 g/mol. The van der Waals surface area contributed by atoms with Gasteiger partial charge in [0.05, 0.1) is 6.54 Å². The third kappa shape index (κ3) is 2.41. The fraction of sp³-hybridized carbons (Fsp3) is 0.167. The number of urea groups is 1. The van der Waals surface area contributed by atoms with E-state index in [1.807, 2.05) is 0 Å². The van der Waals surface area contributed by atoms with E-state index in [2.05, 4.69) is 20.8 Å². The maximum atomic E-state index is 10.8. The molecular formula is C6H7N4O2. The first kappa shape index (κ1) is 8.25. The molecule has 0 unspecified atom stereocenters. The number of rotatable bonds is 3. The highest BCUT2D eigenvalue weighted by Gasteiger charge is 2.00. The van der Waals surface area contributed by atoms with Crippen molar-refractivity contribution in [3.05, 3.63) is 12.3 Å². The molecule has 0 saturated carbocycles. The van der Waals surface area contributed by atoms with E-state index in [1.165, 1.54) is 6.29 Å². The number of carbonyl (C=O) groups excluding carboxylic acids is 2. The quantitative estimate of drug-likeness (QED) is 0.574. The largest absolute Gasteiger partial charge is 0.330 e. The Kier molecular flexibility index (Phi) is 2.83. The van der Waals surface area contributed by atoms with Gasteiger partial charge in [0, 0.05) is 12.3 Å². The fourth-order valence-corrected chi connectivity index (χ4v) is 0.607. The summed E-state index contributed by atoms with van der Waals surface area (Å²) in [5.41, 5.74) is 0. The van der Waals surface area contributed by atoms with Crippen LogP contribution < -0.4 is 10.6 Å². The first-order valence-electron chi connectivity index (χ1n) is 3.22. The van der Waals surface area contributed by atoms with E-state index in [9.17, 15) is 9.59 Å². The zero-order valence-electron chi connectivity index (χ0n) is 6.13. The Morgan fingerprint density at radius 1 is 1.75 bits per heavy atom. The van der Waals surface area contributed by atoms with Gasteiger partial charge in [-0.05, 0) is 0 Å². The molecule has 63 valence electrons. The molecule has 0 fully saturated rings. The molecule has 6 nitrogen and oxygen atoms in total. The number of nitrogens with one attached hydrogen (secondary N) is 3. The second-order valence-electron chi connectivity index (χ2n) is 1.91. The summed E-state index contributed by atoms with van der Waals surface area (Å²) < 4.78 is 0. The summed E-state index contributed by atoms with van der Waals surface area (Å²) in [6.45, 7) is -0.129. The summed E-state index contributed by atoms with van der Waals surface area (Å²) in [5.74, 6) is 0.401. The van der Waals surface area contributed by atoms with Gasteiger partial charge in [-0.25, -0.2) is 4.79 Å². The van der Waals surface area contributed by atoms with Crippen LogP contribution in [0.4, 0.5) is 10.6 Å². The molecule has 1 aromatic heterocycles. The third-order valence-electron chi connectivity index (χ3n) is 1.06. The number of anilines is 1. The number of aromatic nitrogens is 2. The molecule has 1 aromatic rings. The van der Waals surface area contributed by atoms with E-state index in [1.54, 1.807) is 12.3 Å². The second-order valence-corrected chi connectivity index (χ2v) is 1.91. The molecule has 0 aliphatic rings. The lowest BCUT2D eigenvalue weighted by atomic mass is 10.6. The van der Waals surface area contributed by atoms with Crippen molar-refractivity contribution in [3.8, 4) is 0 Å². The summed E-state index contributed by atoms with van der Waals surface area (Å²) in [6.07, 6.45) is 3.10. The summed E-state index contributed by atoms with van der Waals surface area (Å²) >= 11 is 0. The molecule has 0 spiro atoms. The Morgan fingerprint density at radius 3 is 3.17 bits per heavy atom. The molecule has 0 saturated heterocycles. The standard InChI is InChI=1S/C6H7N4O2/c11-4-3-7-6(12)9-5-1-2-8-10-5/h1-2H,3H2,(H3,7,8,9,10,12). The smallest absolute Gasteiger partial charge is 0.320 e. The Hall–Kier alpha value is -1.85. The van der Waals surface area contributed by atoms with Gasteiger partial charge in [0.15, 0.2) is 5.82 Å². The van der Waals surface area contributed by atoms with Gasteiger partial charge < -0.3 is 5.32 Å². The second kappa shape index (κ2) is 4.12. The minimum Gasteiger partial charge on any atom is -0.330 e. The van der Waals surface area contributed by atoms with Crippen LogP contribution in [0.5, 0.6) is 0 Å². The first-order valence-corrected chi connectivity index (χ1v) is 3.22. The van der Waals surface area contributed by atoms with Gasteiger partial charge in [0.1, 0.15) is 0 Å². The van der Waals surface area contributed by atoms with Crippen molar-refractivity contribution >= 4 is 18.1 Å². The fourth-order valence-electron chi connectivity index (χ4n) is 0.607. The summed E-state index contributed by atoms with van der Waals surface area (Å²) in [5, 5.41) is 10.8. The van der Waals surface area contributed by atoms with Crippen LogP contribution in [0.1, 0.15) is 0 Å². The van der Waals surface area contributed by atoms with Crippen LogP contribution >= 0.6 is 0 Å². The Morgan fingerprint density at radius 2 is 2.58 bits per heavy atom. The van der Waals surface area contributed by atoms with E-state index in [-0.39, 0.29) is 6.54 Å². The number of nitrogens with zero attached hydrogens (tertiary/aromatic N) is 1. The van der Waals surface area contributed by atoms with Gasteiger partial charge in [-0.2, -0.15) is 5.10 Å². The van der Waals surface area contributed by atoms with Crippen molar-refractivity contribution in [2.75, 3.05) is 11.9 Å². The predicted molar refractivity (Wildman–Crippen MR) is 41.3 cm³/mol. The molecule has 0 aliphatic carbocycles. The van der Waals surface area contributed by atoms with E-state index < -0.39 is 6.03 Å². The van der Waals surface area contributed by atoms with Crippen LogP contribution in [-0.2, 0) is 4.79 Å². The number of hydrogen-bond acceptors (Lipinski definition) is 3. The third-order valence-corrected chi connectivity index (χ3v) is 1.06. The van der Waals surface area contributed by atoms with E-state index >= 15 is 0 Å². The van der Waals surface area contributed by atoms with Crippen molar-refractivity contribution < 1.29 is 9.59 Å². The number of aromatic amines is 1. The van der Waals surface area contributed by atoms with Crippen LogP contribution in [0.2, 0.25) is 0 Å². The van der Waals surface area contributed by atoms with Crippen LogP contribution in [0.25, 0.3) is 0 Å². The molecule has 6 heteroatoms. The lowest BCUT2D eigenvalue weighted by Gasteiger charge is -1.99. The molecule has 0 atom stereocenters. The predicted octanol–water partition coefficient (Wildman–Crippen LogP) is -0.359. The van der Waals surface area contributed by atoms with Crippen molar-refractivity contribution in [1.82, 2.24) is 15.5 Å². The van der Waals surface area contributed by atoms with E-state index in [0.717, 1.165) is 0 Å². The first-order chi connectivity index (χ1) is 5.83. The maximum absolute atomic E-state index is 10.8. The SMILES string of the molecule is O=[C]CNC(=O)Nc1cc[nH]n1. The van der Waals surface area contributed by atoms with Gasteiger partial charge in [-0.1, -0.05) is 0 Å². The van der Waals surface area contributed by atoms with Gasteiger partial charge in [0.2, 0.25) is 6.29 Å². The molecule has 1 radical (unpaired) electrons. The molecule has 0 bridgehead atoms. The highest BCUT2D eigenvalue weighted by atomic mass is 16.2. The summed E-state index contributed by atoms with van der Waals surface area (Å²) in [7, 11) is 0. The minimum atomic E-state index is -0.481. The number of hydrogen-bond donors (Lipinski definition) is 3.